The van der Waals surface area contributed by atoms with E-state index in [9.17, 15) is 67.8 Å². The van der Waals surface area contributed by atoms with E-state index in [-0.39, 0.29) is 34.7 Å². The number of methoxy groups -OCH3 is 1. The van der Waals surface area contributed by atoms with Crippen molar-refractivity contribution in [1.29, 1.82) is 0 Å². The van der Waals surface area contributed by atoms with Gasteiger partial charge in [0.15, 0.2) is 38.4 Å². The number of aliphatic hydroxyl groups excluding tert-OH is 1. The zero-order chi connectivity index (χ0) is 67.9. The number of sulfone groups is 1. The number of benzene rings is 4. The van der Waals surface area contributed by atoms with Gasteiger partial charge in [-0.3, -0.25) is 14.3 Å². The van der Waals surface area contributed by atoms with Crippen molar-refractivity contribution < 1.29 is 86.9 Å². The van der Waals surface area contributed by atoms with Crippen molar-refractivity contribution in [3.8, 4) is 11.9 Å². The number of aryl methyl sites for hydroxylation is 2. The molecule has 2 atom stereocenters. The van der Waals surface area contributed by atoms with Crippen LogP contribution in [0.4, 0.5) is 32.0 Å². The number of alkyl halides is 3. The number of carbonyl (C=O) groups excluding carboxylic acids is 3. The minimum atomic E-state index is -4.76. The Bertz CT molecular complexity index is 4050. The number of ketones is 2. The third-order valence-corrected chi connectivity index (χ3v) is 17.1. The number of allylic oxidation sites excluding steroid dienone is 2. The van der Waals surface area contributed by atoms with Gasteiger partial charge in [-0.25, -0.2) is 36.0 Å². The molecular weight excluding hydrogens is 1280 g/mol. The topological polar surface area (TPSA) is 295 Å². The molecule has 1 aliphatic carbocycles. The molecule has 7 aromatic rings. The van der Waals surface area contributed by atoms with E-state index in [2.05, 4.69) is 44.3 Å². The minimum absolute atomic E-state index is 0.00866. The van der Waals surface area contributed by atoms with Crippen LogP contribution in [0.2, 0.25) is 0 Å². The van der Waals surface area contributed by atoms with Crippen LogP contribution in [0.15, 0.2) is 135 Å². The van der Waals surface area contributed by atoms with Gasteiger partial charge in [-0.05, 0) is 75.6 Å². The Kier molecular flexibility index (Phi) is 24.7. The second-order valence-corrected chi connectivity index (χ2v) is 25.7. The van der Waals surface area contributed by atoms with Gasteiger partial charge in [-0.1, -0.05) is 104 Å². The van der Waals surface area contributed by atoms with E-state index in [1.807, 2.05) is 86.3 Å². The number of aliphatic hydroxyl groups is 1. The number of halogens is 6. The number of para-hydroxylation sites is 1. The largest absolute Gasteiger partial charge is 0.511 e. The van der Waals surface area contributed by atoms with Crippen molar-refractivity contribution >= 4 is 71.9 Å². The zero-order valence-corrected chi connectivity index (χ0v) is 53.7. The van der Waals surface area contributed by atoms with Crippen molar-refractivity contribution in [2.45, 2.75) is 107 Å². The number of oxime groups is 2. The molecule has 0 amide bonds. The number of carbonyl (C=O) groups is 3. The quantitative estimate of drug-likeness (QED) is 0.0210. The zero-order valence-electron chi connectivity index (χ0n) is 51.3. The number of rotatable bonds is 20. The molecule has 1 aliphatic heterocycles. The molecule has 0 bridgehead atoms. The molecule has 494 valence electrons. The number of ether oxygens (including phenoxy) is 2. The highest BCUT2D eigenvalue weighted by Gasteiger charge is 2.45. The number of nitrogens with zero attached hydrogens (tertiary/aromatic N) is 8. The van der Waals surface area contributed by atoms with E-state index >= 15 is 0 Å². The molecule has 2 aliphatic rings. The summed E-state index contributed by atoms with van der Waals surface area (Å²) in [6.45, 7) is 12.2. The molecule has 2 unspecified atom stereocenters. The van der Waals surface area contributed by atoms with Crippen molar-refractivity contribution in [1.82, 2.24) is 29.4 Å². The Balaban J connectivity index is 0.000000195. The number of hydrogen-bond acceptors (Lipinski definition) is 20. The van der Waals surface area contributed by atoms with Crippen LogP contribution in [0.3, 0.4) is 0 Å². The fourth-order valence-electron chi connectivity index (χ4n) is 9.61. The van der Waals surface area contributed by atoms with Crippen LogP contribution < -0.4 is 9.46 Å². The molecule has 0 saturated heterocycles. The molecule has 4 aromatic carbocycles. The average Bonchev–Trinajstić information content (AvgIpc) is 1.54. The van der Waals surface area contributed by atoms with Gasteiger partial charge in [0.2, 0.25) is 11.7 Å². The molecule has 3 aromatic heterocycles. The third kappa shape index (κ3) is 17.6. The Labute approximate surface area is 530 Å². The van der Waals surface area contributed by atoms with E-state index in [4.69, 9.17) is 19.1 Å². The number of hydrogen-bond donors (Lipinski definition) is 3. The number of sulfonamides is 1. The third-order valence-electron chi connectivity index (χ3n) is 13.7. The van der Waals surface area contributed by atoms with E-state index < -0.39 is 99.2 Å². The monoisotopic (exact) mass is 1340 g/mol. The lowest BCUT2D eigenvalue weighted by Gasteiger charge is -2.27. The van der Waals surface area contributed by atoms with Crippen molar-refractivity contribution in [2.24, 2.45) is 23.3 Å². The van der Waals surface area contributed by atoms with Gasteiger partial charge < -0.3 is 29.4 Å². The molecule has 9 rings (SSSR count). The summed E-state index contributed by atoms with van der Waals surface area (Å²) in [5.41, 5.74) is -0.695. The Morgan fingerprint density at radius 3 is 2.04 bits per heavy atom. The Hall–Kier alpha value is -8.84. The number of Topliss-reactive ketones (excluding diaryl/α,β-unsaturated/α-hetero) is 1. The standard InChI is InChI=1S/C18H17NO3.C17H29NO3S.C14H13F3N2O4S.C12H8F3N5O3S/c1-2-21-17(20)16-13-18(22-19-16,14-9-5-3-6-10-14)15-11-7-4-8-12-15;1-5-8-14(18-21-6-2)17-15(19)10-13(11-16(17)20)9-12(4)22-7-3;1-7-11(13(21)19(2)18-7)12(20)9-5-4-8(14(15,16)17)6-10(9)24(3,22)23;1-23-12-16-5-8(15)10-17-11(18-20(10)12)24(21,22)19-9-6(13)3-2-4-7(9)14/h3-12H,2,13H2,1H3;12-13,19H,5-11H2,1-4H3;4-6,21H,1-3H3;2-5,19H,1H3. The summed E-state index contributed by atoms with van der Waals surface area (Å²) < 4.78 is 141. The first-order valence-electron chi connectivity index (χ1n) is 28.4. The summed E-state index contributed by atoms with van der Waals surface area (Å²) in [4.78, 5) is 54.2. The normalized spacial score (nSPS) is 15.1. The molecule has 92 heavy (non-hydrogen) atoms. The van der Waals surface area contributed by atoms with Crippen LogP contribution in [0.1, 0.15) is 111 Å². The van der Waals surface area contributed by atoms with Gasteiger partial charge in [0.25, 0.3) is 15.2 Å². The molecular formula is C61H67F6N9O13S3. The van der Waals surface area contributed by atoms with Crippen LogP contribution in [0.5, 0.6) is 11.9 Å². The fraction of sp³-hybridized carbons (Fsp3) is 0.361. The van der Waals surface area contributed by atoms with Crippen LogP contribution >= 0.6 is 11.8 Å². The SMILES string of the molecule is CCCC(=NOCC)C1=C(O)CC(CC(C)SCC)CC1=O.CCOC(=O)C1=NOC(c2ccccc2)(c2ccccc2)C1.COc1ncc(F)c2nc(S(=O)(=O)Nc3c(F)cccc3F)nn12.Cc1nn(C)c(O)c1C(=O)c1ccc(C(F)(F)F)cc1S(C)(=O)=O. The number of aromatic hydroxyl groups is 1. The van der Waals surface area contributed by atoms with Gasteiger partial charge in [-0.2, -0.15) is 47.9 Å². The van der Waals surface area contributed by atoms with Crippen molar-refractivity contribution in [3.05, 3.63) is 166 Å². The first-order chi connectivity index (χ1) is 43.5. The molecule has 0 spiro atoms. The van der Waals surface area contributed by atoms with Crippen LogP contribution in [0.25, 0.3) is 5.65 Å². The van der Waals surface area contributed by atoms with Crippen molar-refractivity contribution in [2.75, 3.05) is 37.1 Å². The molecule has 0 radical (unpaired) electrons. The lowest BCUT2D eigenvalue weighted by Crippen LogP contribution is -2.29. The molecule has 3 N–H and O–H groups in total. The number of fused-ring (bicyclic) bond motifs is 1. The van der Waals surface area contributed by atoms with Gasteiger partial charge in [0.1, 0.15) is 35.3 Å². The summed E-state index contributed by atoms with van der Waals surface area (Å²) in [6.07, 6.45) is 0.633. The van der Waals surface area contributed by atoms with E-state index in [1.165, 1.54) is 21.1 Å². The highest BCUT2D eigenvalue weighted by atomic mass is 32.2. The van der Waals surface area contributed by atoms with E-state index in [1.54, 1.807) is 11.6 Å². The highest BCUT2D eigenvalue weighted by molar-refractivity contribution is 7.99. The molecule has 31 heteroatoms. The molecule has 0 saturated carbocycles. The number of aromatic nitrogens is 6. The predicted molar refractivity (Wildman–Crippen MR) is 329 cm³/mol. The summed E-state index contributed by atoms with van der Waals surface area (Å²) >= 11 is 1.90. The van der Waals surface area contributed by atoms with Gasteiger partial charge >= 0.3 is 18.2 Å². The lowest BCUT2D eigenvalue weighted by atomic mass is 9.82. The predicted octanol–water partition coefficient (Wildman–Crippen LogP) is 11.2. The summed E-state index contributed by atoms with van der Waals surface area (Å²) in [7, 11) is -6.13. The summed E-state index contributed by atoms with van der Waals surface area (Å²) in [5, 5.41) is 35.3. The Morgan fingerprint density at radius 2 is 1.52 bits per heavy atom. The fourth-order valence-corrected chi connectivity index (χ4v) is 12.4. The van der Waals surface area contributed by atoms with Gasteiger partial charge in [-0.15, -0.1) is 5.10 Å². The number of esters is 1. The van der Waals surface area contributed by atoms with E-state index in [0.29, 0.717) is 84.0 Å². The summed E-state index contributed by atoms with van der Waals surface area (Å²) in [6, 6.07) is 24.0. The maximum Gasteiger partial charge on any atom is 0.416 e. The van der Waals surface area contributed by atoms with Crippen LogP contribution in [-0.4, -0.2) is 123 Å². The number of thioether (sulfide) groups is 1. The van der Waals surface area contributed by atoms with Crippen molar-refractivity contribution in [3.63, 3.8) is 0 Å². The van der Waals surface area contributed by atoms with Gasteiger partial charge in [0, 0.05) is 48.1 Å². The number of anilines is 1. The minimum Gasteiger partial charge on any atom is -0.511 e. The Morgan fingerprint density at radius 1 is 0.891 bits per heavy atom. The lowest BCUT2D eigenvalue weighted by molar-refractivity contribution is -0.138. The molecule has 22 nitrogen and oxygen atoms in total. The average molecular weight is 1340 g/mol. The van der Waals surface area contributed by atoms with E-state index in [0.717, 1.165) is 64.9 Å². The number of nitrogens with one attached hydrogen (secondary N) is 1. The first-order valence-corrected chi connectivity index (χ1v) is 32.8. The molecule has 0 fully saturated rings. The second-order valence-electron chi connectivity index (χ2n) is 20.5. The maximum atomic E-state index is 13.7. The highest BCUT2D eigenvalue weighted by Crippen LogP contribution is 2.42. The van der Waals surface area contributed by atoms with Crippen LogP contribution in [0, 0.1) is 30.3 Å². The maximum absolute atomic E-state index is 13.7. The second kappa shape index (κ2) is 31.5. The first kappa shape index (κ1) is 72.2. The van der Waals surface area contributed by atoms with Crippen LogP contribution in [-0.2, 0) is 62.7 Å². The molecule has 4 heterocycles. The smallest absolute Gasteiger partial charge is 0.416 e. The summed E-state index contributed by atoms with van der Waals surface area (Å²) in [5.74, 6) is -3.55. The van der Waals surface area contributed by atoms with Gasteiger partial charge in [0.05, 0.1) is 53.8 Å².